The molecule has 2 aliphatic rings. The smallest absolute Gasteiger partial charge is 0.0532 e. The summed E-state index contributed by atoms with van der Waals surface area (Å²) < 4.78 is 0. The summed E-state index contributed by atoms with van der Waals surface area (Å²) in [6.07, 6.45) is 12.0. The van der Waals surface area contributed by atoms with Crippen LogP contribution in [0.2, 0.25) is 0 Å². The molecule has 1 fully saturated rings. The number of allylic oxidation sites excluding steroid dienone is 4. The van der Waals surface area contributed by atoms with Crippen LogP contribution in [0.15, 0.2) is 29.3 Å². The van der Waals surface area contributed by atoms with E-state index in [1.54, 1.807) is 0 Å². The van der Waals surface area contributed by atoms with E-state index < -0.39 is 0 Å². The molecule has 0 amide bonds. The van der Waals surface area contributed by atoms with Crippen LogP contribution in [0, 0.1) is 5.92 Å². The van der Waals surface area contributed by atoms with Gasteiger partial charge in [-0.3, -0.25) is 4.99 Å². The van der Waals surface area contributed by atoms with E-state index in [-0.39, 0.29) is 17.1 Å². The Morgan fingerprint density at radius 2 is 1.61 bits per heavy atom. The Morgan fingerprint density at radius 1 is 1.11 bits per heavy atom. The fraction of sp³-hybridized carbons (Fsp3) is 0.667. The highest BCUT2D eigenvalue weighted by atomic mass is 16.5. The van der Waals surface area contributed by atoms with Gasteiger partial charge in [0, 0.05) is 23.2 Å². The molecule has 1 radical (unpaired) electrons. The maximum absolute atomic E-state index is 12.2. The molecule has 0 spiro atoms. The minimum atomic E-state index is -0.328. The van der Waals surface area contributed by atoms with Crippen LogP contribution in [-0.4, -0.2) is 28.4 Å². The van der Waals surface area contributed by atoms with Crippen molar-refractivity contribution in [1.29, 1.82) is 0 Å². The summed E-state index contributed by atoms with van der Waals surface area (Å²) in [5.74, 6) is 0.335. The van der Waals surface area contributed by atoms with Gasteiger partial charge in [-0.15, -0.1) is 10.3 Å². The van der Waals surface area contributed by atoms with E-state index in [1.165, 1.54) is 5.06 Å². The third kappa shape index (κ3) is 2.73. The second kappa shape index (κ2) is 4.63. The summed E-state index contributed by atoms with van der Waals surface area (Å²) in [4.78, 5) is 4.70. The quantitative estimate of drug-likeness (QED) is 0.690. The summed E-state index contributed by atoms with van der Waals surface area (Å²) in [5.41, 5.74) is -0.657. The lowest BCUT2D eigenvalue weighted by Gasteiger charge is -2.48. The Hall–Kier alpha value is -0.930. The molecule has 99 valence electrons. The maximum atomic E-state index is 12.2. The molecule has 0 unspecified atom stereocenters. The molecule has 1 aliphatic carbocycles. The number of nitrogens with zero attached hydrogens (tertiary/aromatic N) is 2. The number of piperidine rings is 1. The van der Waals surface area contributed by atoms with Crippen molar-refractivity contribution in [2.45, 2.75) is 57.7 Å². The summed E-state index contributed by atoms with van der Waals surface area (Å²) >= 11 is 0. The minimum Gasteiger partial charge on any atom is -0.293 e. The number of aliphatic imine (C=N–C) groups is 1. The molecule has 0 aromatic carbocycles. The lowest BCUT2D eigenvalue weighted by atomic mass is 9.79. The summed E-state index contributed by atoms with van der Waals surface area (Å²) in [6, 6.07) is 0.252. The van der Waals surface area contributed by atoms with Gasteiger partial charge >= 0.3 is 0 Å². The molecule has 3 heteroatoms. The third-order valence-electron chi connectivity index (χ3n) is 3.82. The fourth-order valence-electron chi connectivity index (χ4n) is 3.09. The first-order valence-corrected chi connectivity index (χ1v) is 6.67. The van der Waals surface area contributed by atoms with Gasteiger partial charge < -0.3 is 0 Å². The van der Waals surface area contributed by atoms with Crippen molar-refractivity contribution < 1.29 is 5.21 Å². The van der Waals surface area contributed by atoms with Crippen molar-refractivity contribution in [1.82, 2.24) is 5.06 Å². The molecule has 0 aromatic heterocycles. The predicted octanol–water partition coefficient (Wildman–Crippen LogP) is 3.17. The highest BCUT2D eigenvalue weighted by Gasteiger charge is 2.45. The SMILES string of the molecule is CC1(C)CC(N=CC2C=CC=C2)CC(C)(C)N1[O]. The average Bonchev–Trinajstić information content (AvgIpc) is 2.75. The van der Waals surface area contributed by atoms with Crippen molar-refractivity contribution >= 4 is 6.21 Å². The van der Waals surface area contributed by atoms with Crippen molar-refractivity contribution in [2.24, 2.45) is 10.9 Å². The van der Waals surface area contributed by atoms with Crippen molar-refractivity contribution in [2.75, 3.05) is 0 Å². The lowest BCUT2D eigenvalue weighted by Crippen LogP contribution is -2.59. The topological polar surface area (TPSA) is 35.5 Å². The first-order chi connectivity index (χ1) is 8.31. The van der Waals surface area contributed by atoms with E-state index >= 15 is 0 Å². The van der Waals surface area contributed by atoms with E-state index in [1.807, 2.05) is 46.1 Å². The molecular weight excluding hydrogens is 224 g/mol. The normalized spacial score (nSPS) is 28.5. The van der Waals surface area contributed by atoms with Crippen LogP contribution >= 0.6 is 0 Å². The lowest BCUT2D eigenvalue weighted by molar-refractivity contribution is -0.288. The van der Waals surface area contributed by atoms with Gasteiger partial charge in [-0.05, 0) is 40.5 Å². The van der Waals surface area contributed by atoms with Crippen molar-refractivity contribution in [3.63, 3.8) is 0 Å². The molecule has 1 aliphatic heterocycles. The molecule has 0 bridgehead atoms. The molecule has 0 saturated carbocycles. The predicted molar refractivity (Wildman–Crippen MR) is 74.0 cm³/mol. The Kier molecular flexibility index (Phi) is 3.47. The summed E-state index contributed by atoms with van der Waals surface area (Å²) in [6.45, 7) is 8.05. The van der Waals surface area contributed by atoms with E-state index in [0.717, 1.165) is 12.8 Å². The van der Waals surface area contributed by atoms with Crippen LogP contribution in [0.5, 0.6) is 0 Å². The van der Waals surface area contributed by atoms with Gasteiger partial charge in [-0.2, -0.15) is 0 Å². The first-order valence-electron chi connectivity index (χ1n) is 6.67. The van der Waals surface area contributed by atoms with Crippen molar-refractivity contribution in [3.05, 3.63) is 24.3 Å². The summed E-state index contributed by atoms with van der Waals surface area (Å²) in [5, 5.41) is 13.5. The van der Waals surface area contributed by atoms with E-state index in [2.05, 4.69) is 12.2 Å². The zero-order valence-corrected chi connectivity index (χ0v) is 11.8. The maximum Gasteiger partial charge on any atom is 0.0532 e. The molecular formula is C15H23N2O. The molecule has 1 saturated heterocycles. The van der Waals surface area contributed by atoms with E-state index in [9.17, 15) is 5.21 Å². The molecule has 1 heterocycles. The average molecular weight is 247 g/mol. The van der Waals surface area contributed by atoms with Crippen LogP contribution < -0.4 is 0 Å². The Bertz CT molecular complexity index is 363. The van der Waals surface area contributed by atoms with Gasteiger partial charge in [0.05, 0.1) is 6.04 Å². The second-order valence-electron chi connectivity index (χ2n) is 6.63. The fourth-order valence-corrected chi connectivity index (χ4v) is 3.09. The first kappa shape index (κ1) is 13.5. The number of hydrogen-bond acceptors (Lipinski definition) is 2. The zero-order valence-electron chi connectivity index (χ0n) is 11.8. The zero-order chi connectivity index (χ0) is 13.4. The molecule has 2 rings (SSSR count). The number of rotatable bonds is 2. The van der Waals surface area contributed by atoms with Gasteiger partial charge in [0.1, 0.15) is 0 Å². The van der Waals surface area contributed by atoms with E-state index in [4.69, 9.17) is 4.99 Å². The van der Waals surface area contributed by atoms with Crippen LogP contribution in [-0.2, 0) is 5.21 Å². The Morgan fingerprint density at radius 3 is 2.11 bits per heavy atom. The van der Waals surface area contributed by atoms with Crippen LogP contribution in [0.1, 0.15) is 40.5 Å². The highest BCUT2D eigenvalue weighted by Crippen LogP contribution is 2.38. The number of hydrogen-bond donors (Lipinski definition) is 0. The minimum absolute atomic E-state index is 0.252. The van der Waals surface area contributed by atoms with Gasteiger partial charge in [-0.25, -0.2) is 0 Å². The molecule has 0 N–H and O–H groups in total. The molecule has 3 nitrogen and oxygen atoms in total. The third-order valence-corrected chi connectivity index (χ3v) is 3.82. The molecule has 0 atom stereocenters. The highest BCUT2D eigenvalue weighted by molar-refractivity contribution is 5.67. The van der Waals surface area contributed by atoms with Crippen LogP contribution in [0.4, 0.5) is 0 Å². The van der Waals surface area contributed by atoms with Gasteiger partial charge in [0.25, 0.3) is 0 Å². The van der Waals surface area contributed by atoms with Crippen molar-refractivity contribution in [3.8, 4) is 0 Å². The molecule has 18 heavy (non-hydrogen) atoms. The monoisotopic (exact) mass is 247 g/mol. The van der Waals surface area contributed by atoms with Gasteiger partial charge in [-0.1, -0.05) is 24.3 Å². The van der Waals surface area contributed by atoms with Gasteiger partial charge in [0.2, 0.25) is 0 Å². The second-order valence-corrected chi connectivity index (χ2v) is 6.63. The standard InChI is InChI=1S/C15H23N2O/c1-14(2)9-13(10-15(3,4)17(14)18)16-11-12-7-5-6-8-12/h5-8,11-13H,9-10H2,1-4H3. The number of hydroxylamine groups is 2. The largest absolute Gasteiger partial charge is 0.293 e. The van der Waals surface area contributed by atoms with Crippen LogP contribution in [0.25, 0.3) is 0 Å². The molecule has 0 aromatic rings. The summed E-state index contributed by atoms with van der Waals surface area (Å²) in [7, 11) is 0. The Balaban J connectivity index is 2.06. The van der Waals surface area contributed by atoms with Gasteiger partial charge in [0.15, 0.2) is 0 Å². The van der Waals surface area contributed by atoms with Crippen LogP contribution in [0.3, 0.4) is 0 Å². The van der Waals surface area contributed by atoms with E-state index in [0.29, 0.717) is 5.92 Å². The Labute approximate surface area is 110 Å².